The van der Waals surface area contributed by atoms with Gasteiger partial charge < -0.3 is 10.6 Å². The minimum absolute atomic E-state index is 0.000299. The second kappa shape index (κ2) is 9.59. The fraction of sp³-hybridized carbons (Fsp3) is 0.211. The molecular formula is C19H21ClN4O3. The monoisotopic (exact) mass is 388 g/mol. The highest BCUT2D eigenvalue weighted by atomic mass is 35.5. The van der Waals surface area contributed by atoms with Gasteiger partial charge in [0, 0.05) is 29.2 Å². The number of rotatable bonds is 5. The van der Waals surface area contributed by atoms with Gasteiger partial charge in [0.25, 0.3) is 0 Å². The van der Waals surface area contributed by atoms with Gasteiger partial charge in [-0.1, -0.05) is 23.7 Å². The van der Waals surface area contributed by atoms with Crippen molar-refractivity contribution in [3.05, 3.63) is 58.6 Å². The van der Waals surface area contributed by atoms with Crippen LogP contribution in [0.3, 0.4) is 0 Å². The van der Waals surface area contributed by atoms with Crippen LogP contribution in [0.4, 0.5) is 16.2 Å². The average molecular weight is 389 g/mol. The first kappa shape index (κ1) is 20.3. The first-order valence-electron chi connectivity index (χ1n) is 8.32. The summed E-state index contributed by atoms with van der Waals surface area (Å²) in [5.74, 6) is -0.748. The summed E-state index contributed by atoms with van der Waals surface area (Å²) >= 11 is 5.76. The fourth-order valence-corrected chi connectivity index (χ4v) is 2.32. The summed E-state index contributed by atoms with van der Waals surface area (Å²) in [5, 5.41) is 5.86. The molecule has 0 bridgehead atoms. The van der Waals surface area contributed by atoms with Gasteiger partial charge in [-0.05, 0) is 55.3 Å². The zero-order valence-corrected chi connectivity index (χ0v) is 15.8. The molecule has 4 amide bonds. The molecule has 0 saturated carbocycles. The van der Waals surface area contributed by atoms with Crippen molar-refractivity contribution in [2.24, 2.45) is 0 Å². The van der Waals surface area contributed by atoms with Crippen molar-refractivity contribution in [1.82, 2.24) is 10.9 Å². The second-order valence-electron chi connectivity index (χ2n) is 6.00. The molecule has 0 fully saturated rings. The van der Waals surface area contributed by atoms with Crippen molar-refractivity contribution in [3.8, 4) is 0 Å². The Morgan fingerprint density at radius 3 is 2.22 bits per heavy atom. The molecule has 0 atom stereocenters. The number of urea groups is 1. The van der Waals surface area contributed by atoms with Gasteiger partial charge in [0.05, 0.1) is 0 Å². The van der Waals surface area contributed by atoms with Crippen molar-refractivity contribution < 1.29 is 14.4 Å². The SMILES string of the molecule is Cc1ccc(C)c(NC(=O)CCC(=O)NNC(=O)Nc2ccc(Cl)cc2)c1. The Labute approximate surface area is 162 Å². The van der Waals surface area contributed by atoms with Crippen LogP contribution in [0.5, 0.6) is 0 Å². The molecule has 0 saturated heterocycles. The number of carbonyl (C=O) groups excluding carboxylic acids is 3. The van der Waals surface area contributed by atoms with Gasteiger partial charge in [-0.15, -0.1) is 0 Å². The van der Waals surface area contributed by atoms with Crippen molar-refractivity contribution in [2.45, 2.75) is 26.7 Å². The summed E-state index contributed by atoms with van der Waals surface area (Å²) in [6.07, 6.45) is -0.0579. The third-order valence-corrected chi connectivity index (χ3v) is 3.92. The predicted octanol–water partition coefficient (Wildman–Crippen LogP) is 3.53. The molecule has 0 heterocycles. The lowest BCUT2D eigenvalue weighted by atomic mass is 10.1. The molecule has 8 heteroatoms. The summed E-state index contributed by atoms with van der Waals surface area (Å²) in [5.41, 5.74) is 7.69. The van der Waals surface area contributed by atoms with Crippen LogP contribution in [0.15, 0.2) is 42.5 Å². The highest BCUT2D eigenvalue weighted by molar-refractivity contribution is 6.30. The van der Waals surface area contributed by atoms with Crippen LogP contribution in [-0.4, -0.2) is 17.8 Å². The van der Waals surface area contributed by atoms with E-state index < -0.39 is 11.9 Å². The Kier molecular flexibility index (Phi) is 7.19. The van der Waals surface area contributed by atoms with E-state index in [1.54, 1.807) is 24.3 Å². The van der Waals surface area contributed by atoms with E-state index in [9.17, 15) is 14.4 Å². The lowest BCUT2D eigenvalue weighted by molar-refractivity contribution is -0.124. The number of hydrogen-bond donors (Lipinski definition) is 4. The molecule has 7 nitrogen and oxygen atoms in total. The first-order valence-corrected chi connectivity index (χ1v) is 8.70. The van der Waals surface area contributed by atoms with Gasteiger partial charge in [0.2, 0.25) is 11.8 Å². The van der Waals surface area contributed by atoms with Crippen molar-refractivity contribution in [1.29, 1.82) is 0 Å². The van der Waals surface area contributed by atoms with Crippen molar-refractivity contribution in [3.63, 3.8) is 0 Å². The molecule has 0 aliphatic heterocycles. The zero-order chi connectivity index (χ0) is 19.8. The summed E-state index contributed by atoms with van der Waals surface area (Å²) in [6, 6.07) is 11.7. The highest BCUT2D eigenvalue weighted by Crippen LogP contribution is 2.16. The lowest BCUT2D eigenvalue weighted by Crippen LogP contribution is -2.44. The molecule has 0 aliphatic carbocycles. The number of nitrogens with one attached hydrogen (secondary N) is 4. The average Bonchev–Trinajstić information content (AvgIpc) is 2.63. The van der Waals surface area contributed by atoms with Gasteiger partial charge in [0.15, 0.2) is 0 Å². The Morgan fingerprint density at radius 2 is 1.52 bits per heavy atom. The number of hydrazine groups is 1. The maximum atomic E-state index is 12.0. The van der Waals surface area contributed by atoms with E-state index in [2.05, 4.69) is 21.5 Å². The van der Waals surface area contributed by atoms with Gasteiger partial charge in [0.1, 0.15) is 0 Å². The van der Waals surface area contributed by atoms with E-state index in [-0.39, 0.29) is 18.7 Å². The third-order valence-electron chi connectivity index (χ3n) is 3.66. The smallest absolute Gasteiger partial charge is 0.326 e. The number of amides is 4. The number of halogens is 1. The van der Waals surface area contributed by atoms with Crippen LogP contribution in [-0.2, 0) is 9.59 Å². The van der Waals surface area contributed by atoms with Crippen molar-refractivity contribution >= 4 is 40.8 Å². The Morgan fingerprint density at radius 1 is 0.852 bits per heavy atom. The van der Waals surface area contributed by atoms with Crippen LogP contribution >= 0.6 is 11.6 Å². The number of anilines is 2. The molecule has 2 aromatic rings. The normalized spacial score (nSPS) is 10.0. The van der Waals surface area contributed by atoms with Crippen LogP contribution < -0.4 is 21.5 Å². The minimum atomic E-state index is -0.606. The van der Waals surface area contributed by atoms with E-state index in [0.717, 1.165) is 16.8 Å². The lowest BCUT2D eigenvalue weighted by Gasteiger charge is -2.10. The Balaban J connectivity index is 1.70. The maximum absolute atomic E-state index is 12.0. The topological polar surface area (TPSA) is 99.3 Å². The Bertz CT molecular complexity index is 837. The first-order chi connectivity index (χ1) is 12.8. The molecule has 27 heavy (non-hydrogen) atoms. The number of hydrogen-bond acceptors (Lipinski definition) is 3. The van der Waals surface area contributed by atoms with Gasteiger partial charge in [-0.3, -0.25) is 15.0 Å². The summed E-state index contributed by atoms with van der Waals surface area (Å²) in [4.78, 5) is 35.5. The molecule has 0 aromatic heterocycles. The largest absolute Gasteiger partial charge is 0.337 e. The Hall–Kier alpha value is -3.06. The van der Waals surface area contributed by atoms with Gasteiger partial charge in [-0.2, -0.15) is 0 Å². The second-order valence-corrected chi connectivity index (χ2v) is 6.44. The van der Waals surface area contributed by atoms with Crippen LogP contribution in [0, 0.1) is 13.8 Å². The molecule has 0 spiro atoms. The van der Waals surface area contributed by atoms with E-state index in [0.29, 0.717) is 10.7 Å². The van der Waals surface area contributed by atoms with E-state index in [1.165, 1.54) is 0 Å². The van der Waals surface area contributed by atoms with Crippen LogP contribution in [0.25, 0.3) is 0 Å². The summed E-state index contributed by atoms with van der Waals surface area (Å²) in [7, 11) is 0. The predicted molar refractivity (Wildman–Crippen MR) is 106 cm³/mol. The fourth-order valence-electron chi connectivity index (χ4n) is 2.19. The number of aryl methyl sites for hydroxylation is 2. The van der Waals surface area contributed by atoms with Crippen LogP contribution in [0.2, 0.25) is 5.02 Å². The van der Waals surface area contributed by atoms with E-state index in [4.69, 9.17) is 11.6 Å². The summed E-state index contributed by atoms with van der Waals surface area (Å²) < 4.78 is 0. The van der Waals surface area contributed by atoms with Gasteiger partial charge >= 0.3 is 6.03 Å². The maximum Gasteiger partial charge on any atom is 0.337 e. The zero-order valence-electron chi connectivity index (χ0n) is 15.1. The molecule has 0 radical (unpaired) electrons. The highest BCUT2D eigenvalue weighted by Gasteiger charge is 2.10. The molecule has 0 unspecified atom stereocenters. The molecular weight excluding hydrogens is 368 g/mol. The quantitative estimate of drug-likeness (QED) is 0.589. The molecule has 0 aliphatic rings. The third kappa shape index (κ3) is 6.99. The number of benzene rings is 2. The molecule has 2 aromatic carbocycles. The molecule has 4 N–H and O–H groups in total. The minimum Gasteiger partial charge on any atom is -0.326 e. The standard InChI is InChI=1S/C19H21ClN4O3/c1-12-3-4-13(2)16(11-12)22-17(25)9-10-18(26)23-24-19(27)21-15-7-5-14(20)6-8-15/h3-8,11H,9-10H2,1-2H3,(H,22,25)(H,23,26)(H2,21,24,27). The molecule has 2 rings (SSSR count). The summed E-state index contributed by atoms with van der Waals surface area (Å²) in [6.45, 7) is 3.83. The molecule has 142 valence electrons. The van der Waals surface area contributed by atoms with Crippen LogP contribution in [0.1, 0.15) is 24.0 Å². The van der Waals surface area contributed by atoms with E-state index >= 15 is 0 Å². The van der Waals surface area contributed by atoms with Crippen molar-refractivity contribution in [2.75, 3.05) is 10.6 Å². The number of carbonyl (C=O) groups is 3. The van der Waals surface area contributed by atoms with Gasteiger partial charge in [-0.25, -0.2) is 10.2 Å². The van der Waals surface area contributed by atoms with E-state index in [1.807, 2.05) is 32.0 Å².